The van der Waals surface area contributed by atoms with Crippen LogP contribution in [0.5, 0.6) is 0 Å². The number of hydrogen-bond donors (Lipinski definition) is 0. The SMILES string of the molecule is Brc1ccc(-c2nc(-c3ccccc3)nc(-c3ccc(-n4c5ccccc5c5ccc6ccccc6c54)cc3)n2)cc1. The van der Waals surface area contributed by atoms with E-state index in [4.69, 9.17) is 15.0 Å². The Balaban J connectivity index is 1.30. The number of nitrogens with zero attached hydrogens (tertiary/aromatic N) is 4. The normalized spacial score (nSPS) is 11.5. The third-order valence-corrected chi connectivity index (χ3v) is 8.24. The summed E-state index contributed by atoms with van der Waals surface area (Å²) < 4.78 is 3.38. The Labute approximate surface area is 251 Å². The fourth-order valence-electron chi connectivity index (χ4n) is 5.71. The van der Waals surface area contributed by atoms with E-state index in [2.05, 4.69) is 105 Å². The van der Waals surface area contributed by atoms with Gasteiger partial charge in [0.2, 0.25) is 0 Å². The van der Waals surface area contributed by atoms with Crippen molar-refractivity contribution in [2.45, 2.75) is 0 Å². The summed E-state index contributed by atoms with van der Waals surface area (Å²) in [5.41, 5.74) is 6.31. The fourth-order valence-corrected chi connectivity index (χ4v) is 5.97. The highest BCUT2D eigenvalue weighted by molar-refractivity contribution is 9.10. The molecule has 198 valence electrons. The molecule has 0 aliphatic rings. The highest BCUT2D eigenvalue weighted by Crippen LogP contribution is 2.37. The van der Waals surface area contributed by atoms with Crippen LogP contribution in [0.15, 0.2) is 144 Å². The molecular formula is C37H23BrN4. The van der Waals surface area contributed by atoms with Gasteiger partial charge in [0.15, 0.2) is 17.5 Å². The summed E-state index contributed by atoms with van der Waals surface area (Å²) in [5.74, 6) is 1.93. The number of para-hydroxylation sites is 1. The molecule has 0 atom stereocenters. The monoisotopic (exact) mass is 602 g/mol. The molecule has 0 bridgehead atoms. The minimum absolute atomic E-state index is 0.640. The molecule has 0 fully saturated rings. The van der Waals surface area contributed by atoms with Crippen molar-refractivity contribution in [3.63, 3.8) is 0 Å². The first-order valence-electron chi connectivity index (χ1n) is 13.8. The first-order chi connectivity index (χ1) is 20.7. The summed E-state index contributed by atoms with van der Waals surface area (Å²) >= 11 is 3.53. The zero-order valence-corrected chi connectivity index (χ0v) is 24.0. The number of fused-ring (bicyclic) bond motifs is 5. The van der Waals surface area contributed by atoms with Crippen LogP contribution >= 0.6 is 15.9 Å². The number of hydrogen-bond acceptors (Lipinski definition) is 3. The van der Waals surface area contributed by atoms with Crippen LogP contribution < -0.4 is 0 Å². The molecule has 0 radical (unpaired) electrons. The molecule has 0 amide bonds. The molecule has 8 aromatic rings. The maximum absolute atomic E-state index is 4.92. The lowest BCUT2D eigenvalue weighted by molar-refractivity contribution is 1.07. The van der Waals surface area contributed by atoms with Crippen LogP contribution in [0.1, 0.15) is 0 Å². The first kappa shape index (κ1) is 24.6. The van der Waals surface area contributed by atoms with E-state index in [1.165, 1.54) is 32.6 Å². The summed E-state index contributed by atoms with van der Waals surface area (Å²) in [7, 11) is 0. The highest BCUT2D eigenvalue weighted by atomic mass is 79.9. The second kappa shape index (κ2) is 10.1. The van der Waals surface area contributed by atoms with E-state index < -0.39 is 0 Å². The summed E-state index contributed by atoms with van der Waals surface area (Å²) in [6.07, 6.45) is 0. The summed E-state index contributed by atoms with van der Waals surface area (Å²) in [4.78, 5) is 14.7. The molecule has 0 aliphatic carbocycles. The maximum atomic E-state index is 4.92. The lowest BCUT2D eigenvalue weighted by Gasteiger charge is -2.12. The van der Waals surface area contributed by atoms with Crippen LogP contribution in [-0.4, -0.2) is 19.5 Å². The van der Waals surface area contributed by atoms with Crippen molar-refractivity contribution in [1.29, 1.82) is 0 Å². The average Bonchev–Trinajstić information content (AvgIpc) is 3.40. The minimum Gasteiger partial charge on any atom is -0.309 e. The Hall–Kier alpha value is -5.13. The predicted molar refractivity (Wildman–Crippen MR) is 176 cm³/mol. The van der Waals surface area contributed by atoms with E-state index >= 15 is 0 Å². The van der Waals surface area contributed by atoms with Gasteiger partial charge >= 0.3 is 0 Å². The smallest absolute Gasteiger partial charge is 0.164 e. The van der Waals surface area contributed by atoms with Gasteiger partial charge in [-0.3, -0.25) is 0 Å². The van der Waals surface area contributed by atoms with Crippen LogP contribution in [0.25, 0.3) is 72.4 Å². The van der Waals surface area contributed by atoms with Crippen LogP contribution in [-0.2, 0) is 0 Å². The first-order valence-corrected chi connectivity index (χ1v) is 14.6. The molecule has 2 heterocycles. The summed E-state index contributed by atoms with van der Waals surface area (Å²) in [6.45, 7) is 0. The van der Waals surface area contributed by atoms with Gasteiger partial charge in [0.25, 0.3) is 0 Å². The van der Waals surface area contributed by atoms with E-state index in [-0.39, 0.29) is 0 Å². The van der Waals surface area contributed by atoms with Crippen molar-refractivity contribution in [1.82, 2.24) is 19.5 Å². The third-order valence-electron chi connectivity index (χ3n) is 7.71. The second-order valence-corrected chi connectivity index (χ2v) is 11.2. The number of rotatable bonds is 4. The molecule has 0 saturated heterocycles. The maximum Gasteiger partial charge on any atom is 0.164 e. The van der Waals surface area contributed by atoms with Crippen LogP contribution in [0, 0.1) is 0 Å². The van der Waals surface area contributed by atoms with Crippen LogP contribution in [0.3, 0.4) is 0 Å². The molecule has 8 rings (SSSR count). The Morgan fingerprint density at radius 2 is 0.976 bits per heavy atom. The lowest BCUT2D eigenvalue weighted by Crippen LogP contribution is -2.00. The molecule has 5 heteroatoms. The van der Waals surface area contributed by atoms with Crippen molar-refractivity contribution >= 4 is 48.5 Å². The number of benzene rings is 6. The van der Waals surface area contributed by atoms with E-state index in [0.717, 1.165) is 26.9 Å². The molecule has 0 spiro atoms. The van der Waals surface area contributed by atoms with Crippen molar-refractivity contribution < 1.29 is 0 Å². The van der Waals surface area contributed by atoms with E-state index in [1.54, 1.807) is 0 Å². The van der Waals surface area contributed by atoms with E-state index in [0.29, 0.717) is 17.5 Å². The quantitative estimate of drug-likeness (QED) is 0.201. The zero-order chi connectivity index (χ0) is 28.0. The standard InChI is InChI=1S/C37H23BrN4/c38-28-19-14-26(15-20-28)36-39-35(25-9-2-1-3-10-25)40-37(41-36)27-16-21-29(22-17-27)42-33-13-7-6-12-31(33)32-23-18-24-8-4-5-11-30(24)34(32)42/h1-23H. The highest BCUT2D eigenvalue weighted by Gasteiger charge is 2.16. The van der Waals surface area contributed by atoms with Gasteiger partial charge in [0.05, 0.1) is 11.0 Å². The van der Waals surface area contributed by atoms with Gasteiger partial charge in [-0.05, 0) is 47.9 Å². The van der Waals surface area contributed by atoms with Crippen LogP contribution in [0.4, 0.5) is 0 Å². The molecule has 6 aromatic carbocycles. The molecular weight excluding hydrogens is 580 g/mol. The van der Waals surface area contributed by atoms with Gasteiger partial charge < -0.3 is 4.57 Å². The zero-order valence-electron chi connectivity index (χ0n) is 22.4. The van der Waals surface area contributed by atoms with Gasteiger partial charge in [-0.2, -0.15) is 0 Å². The van der Waals surface area contributed by atoms with Crippen molar-refractivity contribution in [2.75, 3.05) is 0 Å². The molecule has 4 nitrogen and oxygen atoms in total. The van der Waals surface area contributed by atoms with Crippen LogP contribution in [0.2, 0.25) is 0 Å². The van der Waals surface area contributed by atoms with Crippen molar-refractivity contribution in [3.8, 4) is 39.9 Å². The van der Waals surface area contributed by atoms with Crippen molar-refractivity contribution in [3.05, 3.63) is 144 Å². The molecule has 0 aliphatic heterocycles. The predicted octanol–water partition coefficient (Wildman–Crippen LogP) is 9.89. The lowest BCUT2D eigenvalue weighted by atomic mass is 10.1. The molecule has 0 saturated carbocycles. The largest absolute Gasteiger partial charge is 0.309 e. The minimum atomic E-state index is 0.640. The van der Waals surface area contributed by atoms with Gasteiger partial charge in [0, 0.05) is 43.0 Å². The fraction of sp³-hybridized carbons (Fsp3) is 0. The Kier molecular flexibility index (Phi) is 5.90. The Morgan fingerprint density at radius 1 is 0.429 bits per heavy atom. The van der Waals surface area contributed by atoms with Gasteiger partial charge in [-0.25, -0.2) is 15.0 Å². The van der Waals surface area contributed by atoms with Gasteiger partial charge in [0.1, 0.15) is 0 Å². The summed E-state index contributed by atoms with van der Waals surface area (Å²) in [5, 5.41) is 4.95. The van der Waals surface area contributed by atoms with Gasteiger partial charge in [-0.15, -0.1) is 0 Å². The second-order valence-electron chi connectivity index (χ2n) is 10.3. The average molecular weight is 604 g/mol. The molecule has 42 heavy (non-hydrogen) atoms. The van der Waals surface area contributed by atoms with Crippen molar-refractivity contribution in [2.24, 2.45) is 0 Å². The number of halogens is 1. The number of aromatic nitrogens is 4. The molecule has 2 aromatic heterocycles. The third kappa shape index (κ3) is 4.18. The molecule has 0 unspecified atom stereocenters. The summed E-state index contributed by atoms with van der Waals surface area (Å²) in [6, 6.07) is 48.3. The Bertz CT molecular complexity index is 2240. The van der Waals surface area contributed by atoms with E-state index in [1.807, 2.05) is 54.6 Å². The van der Waals surface area contributed by atoms with Gasteiger partial charge in [-0.1, -0.05) is 113 Å². The topological polar surface area (TPSA) is 43.6 Å². The van der Waals surface area contributed by atoms with E-state index in [9.17, 15) is 0 Å². The Morgan fingerprint density at radius 3 is 1.67 bits per heavy atom. The molecule has 0 N–H and O–H groups in total.